The van der Waals surface area contributed by atoms with Gasteiger partial charge in [0.25, 0.3) is 0 Å². The average molecular weight is 247 g/mol. The first-order valence-electron chi connectivity index (χ1n) is 6.51. The van der Waals surface area contributed by atoms with Gasteiger partial charge in [-0.2, -0.15) is 0 Å². The number of carbonyl (C=O) groups excluding carboxylic acids is 1. The highest BCUT2D eigenvalue weighted by molar-refractivity contribution is 6.06. The van der Waals surface area contributed by atoms with E-state index in [9.17, 15) is 4.79 Å². The highest BCUT2D eigenvalue weighted by atomic mass is 16.4. The first-order valence-corrected chi connectivity index (χ1v) is 6.51. The van der Waals surface area contributed by atoms with Gasteiger partial charge in [0.05, 0.1) is 0 Å². The number of aryl methyl sites for hydroxylation is 2. The Hall–Kier alpha value is -1.35. The molecule has 2 aliphatic carbocycles. The van der Waals surface area contributed by atoms with Gasteiger partial charge in [-0.15, -0.1) is 0 Å². The average Bonchev–Trinajstić information content (AvgIpc) is 2.95. The van der Waals surface area contributed by atoms with Crippen molar-refractivity contribution in [2.24, 2.45) is 0 Å². The fraction of sp³-hybridized carbons (Fsp3) is 0.533. The number of hydrogen-bond donors (Lipinski definition) is 1. The molecule has 1 N–H and O–H groups in total. The summed E-state index contributed by atoms with van der Waals surface area (Å²) in [6, 6.07) is 2.27. The monoisotopic (exact) mass is 247 g/mol. The SMILES string of the molecule is CNc1c2c(cc3c1C(=O)CC3)CCC2.COC. The Morgan fingerprint density at radius 1 is 1.11 bits per heavy atom. The topological polar surface area (TPSA) is 38.3 Å². The number of methoxy groups -OCH3 is 1. The van der Waals surface area contributed by atoms with Gasteiger partial charge >= 0.3 is 0 Å². The van der Waals surface area contributed by atoms with Gasteiger partial charge in [-0.25, -0.2) is 0 Å². The van der Waals surface area contributed by atoms with Gasteiger partial charge in [0.1, 0.15) is 0 Å². The fourth-order valence-electron chi connectivity index (χ4n) is 2.97. The van der Waals surface area contributed by atoms with E-state index in [0.29, 0.717) is 12.2 Å². The minimum atomic E-state index is 0.323. The van der Waals surface area contributed by atoms with E-state index in [2.05, 4.69) is 16.1 Å². The summed E-state index contributed by atoms with van der Waals surface area (Å²) in [6.45, 7) is 0. The fourth-order valence-corrected chi connectivity index (χ4v) is 2.97. The Bertz CT molecular complexity index is 466. The number of fused-ring (bicyclic) bond motifs is 2. The van der Waals surface area contributed by atoms with Gasteiger partial charge in [0, 0.05) is 38.9 Å². The maximum absolute atomic E-state index is 11.8. The van der Waals surface area contributed by atoms with Crippen LogP contribution in [0, 0.1) is 0 Å². The highest BCUT2D eigenvalue weighted by Gasteiger charge is 2.27. The normalized spacial score (nSPS) is 15.8. The lowest BCUT2D eigenvalue weighted by atomic mass is 9.98. The van der Waals surface area contributed by atoms with E-state index in [4.69, 9.17) is 0 Å². The number of benzene rings is 1. The molecule has 0 saturated heterocycles. The Morgan fingerprint density at radius 3 is 2.50 bits per heavy atom. The molecule has 0 bridgehead atoms. The smallest absolute Gasteiger partial charge is 0.165 e. The van der Waals surface area contributed by atoms with Crippen LogP contribution in [0.1, 0.15) is 39.9 Å². The number of carbonyl (C=O) groups is 1. The highest BCUT2D eigenvalue weighted by Crippen LogP contribution is 2.38. The van der Waals surface area contributed by atoms with Crippen molar-refractivity contribution in [3.63, 3.8) is 0 Å². The maximum atomic E-state index is 11.8. The van der Waals surface area contributed by atoms with Crippen molar-refractivity contribution in [3.05, 3.63) is 28.3 Å². The predicted molar refractivity (Wildman–Crippen MR) is 73.6 cm³/mol. The molecule has 18 heavy (non-hydrogen) atoms. The number of anilines is 1. The summed E-state index contributed by atoms with van der Waals surface area (Å²) in [6.07, 6.45) is 5.20. The molecule has 0 radical (unpaired) electrons. The lowest BCUT2D eigenvalue weighted by Crippen LogP contribution is -2.04. The Kier molecular flexibility index (Phi) is 4.02. The second-order valence-electron chi connectivity index (χ2n) is 4.86. The summed E-state index contributed by atoms with van der Waals surface area (Å²) >= 11 is 0. The minimum Gasteiger partial charge on any atom is -0.388 e. The number of ketones is 1. The molecule has 0 saturated carbocycles. The Labute approximate surface area is 109 Å². The van der Waals surface area contributed by atoms with Gasteiger partial charge in [-0.1, -0.05) is 6.07 Å². The van der Waals surface area contributed by atoms with Crippen LogP contribution in [0.2, 0.25) is 0 Å². The Morgan fingerprint density at radius 2 is 1.83 bits per heavy atom. The standard InChI is InChI=1S/C13H15NO.C2H6O/c1-14-13-10-4-2-3-8(10)7-9-5-6-11(15)12(9)13;1-3-2/h7,14H,2-6H2,1H3;1-2H3. The van der Waals surface area contributed by atoms with E-state index in [-0.39, 0.29) is 0 Å². The van der Waals surface area contributed by atoms with Crippen LogP contribution >= 0.6 is 0 Å². The van der Waals surface area contributed by atoms with E-state index < -0.39 is 0 Å². The summed E-state index contributed by atoms with van der Waals surface area (Å²) in [4.78, 5) is 11.8. The lowest BCUT2D eigenvalue weighted by molar-refractivity contribution is 0.0995. The predicted octanol–water partition coefficient (Wildman–Crippen LogP) is 2.61. The molecule has 0 heterocycles. The summed E-state index contributed by atoms with van der Waals surface area (Å²) in [7, 11) is 5.18. The van der Waals surface area contributed by atoms with E-state index >= 15 is 0 Å². The lowest BCUT2D eigenvalue weighted by Gasteiger charge is -2.13. The largest absolute Gasteiger partial charge is 0.388 e. The van der Waals surface area contributed by atoms with Crippen molar-refractivity contribution < 1.29 is 9.53 Å². The van der Waals surface area contributed by atoms with Gasteiger partial charge in [-0.3, -0.25) is 4.79 Å². The van der Waals surface area contributed by atoms with E-state index in [1.807, 2.05) is 7.05 Å². The summed E-state index contributed by atoms with van der Waals surface area (Å²) < 4.78 is 4.25. The van der Waals surface area contributed by atoms with Crippen molar-refractivity contribution in [2.45, 2.75) is 32.1 Å². The zero-order valence-corrected chi connectivity index (χ0v) is 11.4. The van der Waals surface area contributed by atoms with Crippen LogP contribution in [0.4, 0.5) is 5.69 Å². The number of nitrogens with one attached hydrogen (secondary N) is 1. The molecule has 0 unspecified atom stereocenters. The molecule has 3 rings (SSSR count). The molecule has 0 aliphatic heterocycles. The van der Waals surface area contributed by atoms with E-state index in [1.54, 1.807) is 14.2 Å². The van der Waals surface area contributed by atoms with Crippen LogP contribution in [0.5, 0.6) is 0 Å². The third-order valence-electron chi connectivity index (χ3n) is 3.63. The molecule has 0 amide bonds. The molecule has 1 aromatic carbocycles. The molecule has 0 fully saturated rings. The second kappa shape index (κ2) is 5.53. The molecule has 0 aromatic heterocycles. The van der Waals surface area contributed by atoms with Gasteiger partial charge < -0.3 is 10.1 Å². The number of ether oxygens (including phenoxy) is 1. The van der Waals surface area contributed by atoms with Crippen molar-refractivity contribution in [3.8, 4) is 0 Å². The molecule has 0 atom stereocenters. The molecule has 0 spiro atoms. The quantitative estimate of drug-likeness (QED) is 0.829. The van der Waals surface area contributed by atoms with Crippen molar-refractivity contribution in [1.82, 2.24) is 0 Å². The first-order chi connectivity index (χ1) is 8.72. The summed E-state index contributed by atoms with van der Waals surface area (Å²) in [5, 5.41) is 3.24. The summed E-state index contributed by atoms with van der Waals surface area (Å²) in [5.74, 6) is 0.323. The molecule has 3 nitrogen and oxygen atoms in total. The van der Waals surface area contributed by atoms with Crippen LogP contribution in [-0.2, 0) is 24.0 Å². The minimum absolute atomic E-state index is 0.323. The van der Waals surface area contributed by atoms with Crippen molar-refractivity contribution >= 4 is 11.5 Å². The zero-order chi connectivity index (χ0) is 13.1. The summed E-state index contributed by atoms with van der Waals surface area (Å²) in [5.41, 5.74) is 6.24. The maximum Gasteiger partial charge on any atom is 0.165 e. The van der Waals surface area contributed by atoms with Crippen molar-refractivity contribution in [1.29, 1.82) is 0 Å². The third-order valence-corrected chi connectivity index (χ3v) is 3.63. The zero-order valence-electron chi connectivity index (χ0n) is 11.4. The van der Waals surface area contributed by atoms with Crippen LogP contribution < -0.4 is 5.32 Å². The van der Waals surface area contributed by atoms with Gasteiger partial charge in [0.15, 0.2) is 5.78 Å². The first kappa shape index (κ1) is 13.1. The number of rotatable bonds is 1. The van der Waals surface area contributed by atoms with Crippen LogP contribution in [0.25, 0.3) is 0 Å². The van der Waals surface area contributed by atoms with E-state index in [1.165, 1.54) is 29.5 Å². The molecule has 98 valence electrons. The molecule has 3 heteroatoms. The molecule has 2 aliphatic rings. The Balaban J connectivity index is 0.000000367. The second-order valence-corrected chi connectivity index (χ2v) is 4.86. The van der Waals surface area contributed by atoms with Crippen LogP contribution in [0.15, 0.2) is 6.07 Å². The van der Waals surface area contributed by atoms with Crippen molar-refractivity contribution in [2.75, 3.05) is 26.6 Å². The molecular formula is C15H21NO2. The number of Topliss-reactive ketones (excluding diaryl/α,β-unsaturated/α-hetero) is 1. The van der Waals surface area contributed by atoms with E-state index in [0.717, 1.165) is 24.1 Å². The van der Waals surface area contributed by atoms with Gasteiger partial charge in [0.2, 0.25) is 0 Å². The van der Waals surface area contributed by atoms with Gasteiger partial charge in [-0.05, 0) is 42.4 Å². The third kappa shape index (κ3) is 2.15. The van der Waals surface area contributed by atoms with Crippen LogP contribution in [-0.4, -0.2) is 27.1 Å². The molecule has 1 aromatic rings. The van der Waals surface area contributed by atoms with Crippen LogP contribution in [0.3, 0.4) is 0 Å². The number of hydrogen-bond acceptors (Lipinski definition) is 3. The molecular weight excluding hydrogens is 226 g/mol.